The summed E-state index contributed by atoms with van der Waals surface area (Å²) < 4.78 is 4.13. The van der Waals surface area contributed by atoms with Crippen LogP contribution in [0.2, 0.25) is 0 Å². The third-order valence-electron chi connectivity index (χ3n) is 5.22. The molecule has 134 valence electrons. The van der Waals surface area contributed by atoms with Gasteiger partial charge in [0.1, 0.15) is 0 Å². The Morgan fingerprint density at radius 2 is 1.63 bits per heavy atom. The molecule has 0 atom stereocenters. The SMILES string of the molecule is [Cl-].[Cl-].[S]=[Zr+2]([c]1cccc2c1C=CC2)[c]1ccc(Br)c2c1Cc1ccccc1-2. The molecule has 27 heavy (non-hydrogen) atoms. The fourth-order valence-electron chi connectivity index (χ4n) is 4.05. The zero-order chi connectivity index (χ0) is 17.0. The Morgan fingerprint density at radius 3 is 2.48 bits per heavy atom. The van der Waals surface area contributed by atoms with Crippen LogP contribution in [0.25, 0.3) is 17.2 Å². The summed E-state index contributed by atoms with van der Waals surface area (Å²) in [6, 6.07) is 20.0. The molecule has 0 saturated carbocycles. The van der Waals surface area contributed by atoms with Gasteiger partial charge in [-0.25, -0.2) is 0 Å². The van der Waals surface area contributed by atoms with Gasteiger partial charge in [-0.3, -0.25) is 0 Å². The van der Waals surface area contributed by atoms with Crippen LogP contribution < -0.4 is 31.4 Å². The molecule has 0 saturated heterocycles. The Labute approximate surface area is 191 Å². The molecular weight excluding hydrogens is 538 g/mol. The van der Waals surface area contributed by atoms with E-state index in [1.54, 1.807) is 0 Å². The van der Waals surface area contributed by atoms with Gasteiger partial charge in [0, 0.05) is 0 Å². The minimum atomic E-state index is -2.33. The summed E-state index contributed by atoms with van der Waals surface area (Å²) in [5.41, 5.74) is 8.50. The molecule has 0 amide bonds. The van der Waals surface area contributed by atoms with Crippen LogP contribution >= 0.6 is 24.8 Å². The third-order valence-corrected chi connectivity index (χ3v) is 13.1. The average molecular weight is 553 g/mol. The van der Waals surface area contributed by atoms with Gasteiger partial charge in [0.15, 0.2) is 0 Å². The Hall–Kier alpha value is -0.437. The fourth-order valence-corrected chi connectivity index (χ4v) is 11.1. The van der Waals surface area contributed by atoms with Gasteiger partial charge >= 0.3 is 168 Å². The molecule has 3 aromatic carbocycles. The third kappa shape index (κ3) is 3.51. The van der Waals surface area contributed by atoms with Crippen molar-refractivity contribution in [2.75, 3.05) is 0 Å². The second-order valence-electron chi connectivity index (χ2n) is 6.60. The number of benzene rings is 3. The second-order valence-corrected chi connectivity index (χ2v) is 14.1. The standard InChI is InChI=1S/C13H8Br.C9H7.2ClH.S.Zr/c14-12-7-3-5-10-8-9-4-1-2-6-11(9)13(10)12;1-2-5-9-7-3-6-8(9)4-1;;;;/h1-4,6-7H,8H2;1-4,7H,6H2;2*1H;;/q;;;;;+2/p-2. The molecule has 0 aliphatic heterocycles. The summed E-state index contributed by atoms with van der Waals surface area (Å²) in [7, 11) is 6.25. The molecule has 3 aromatic rings. The molecular formula is C22H15BrCl2SZr. The van der Waals surface area contributed by atoms with Crippen molar-refractivity contribution in [2.24, 2.45) is 0 Å². The Balaban J connectivity index is 0.00000105. The van der Waals surface area contributed by atoms with E-state index >= 15 is 0 Å². The molecule has 0 radical (unpaired) electrons. The molecule has 0 heterocycles. The van der Waals surface area contributed by atoms with Crippen molar-refractivity contribution in [3.63, 3.8) is 0 Å². The van der Waals surface area contributed by atoms with Gasteiger partial charge in [-0.05, 0) is 0 Å². The van der Waals surface area contributed by atoms with Crippen molar-refractivity contribution < 1.29 is 44.5 Å². The molecule has 0 unspecified atom stereocenters. The van der Waals surface area contributed by atoms with Crippen molar-refractivity contribution in [3.05, 3.63) is 87.4 Å². The van der Waals surface area contributed by atoms with E-state index in [0.29, 0.717) is 0 Å². The number of fused-ring (bicyclic) bond motifs is 4. The van der Waals surface area contributed by atoms with E-state index in [9.17, 15) is 0 Å². The first kappa shape index (κ1) is 21.3. The molecule has 0 spiro atoms. The van der Waals surface area contributed by atoms with Gasteiger partial charge in [-0.1, -0.05) is 0 Å². The van der Waals surface area contributed by atoms with Crippen LogP contribution in [0, 0.1) is 0 Å². The number of hydrogen-bond donors (Lipinski definition) is 0. The first-order chi connectivity index (χ1) is 12.2. The molecule has 0 N–H and O–H groups in total. The molecule has 5 heteroatoms. The summed E-state index contributed by atoms with van der Waals surface area (Å²) in [4.78, 5) is 0. The van der Waals surface area contributed by atoms with Gasteiger partial charge in [0.05, 0.1) is 0 Å². The van der Waals surface area contributed by atoms with Crippen LogP contribution in [0.3, 0.4) is 0 Å². The fraction of sp³-hybridized carbons (Fsp3) is 0.0909. The average Bonchev–Trinajstić information content (AvgIpc) is 3.26. The monoisotopic (exact) mass is 550 g/mol. The van der Waals surface area contributed by atoms with Gasteiger partial charge in [0.2, 0.25) is 0 Å². The Bertz CT molecular complexity index is 1090. The number of rotatable bonds is 2. The normalized spacial score (nSPS) is 12.1. The van der Waals surface area contributed by atoms with Crippen LogP contribution in [0.5, 0.6) is 0 Å². The summed E-state index contributed by atoms with van der Waals surface area (Å²) in [6.45, 7) is 0. The summed E-state index contributed by atoms with van der Waals surface area (Å²) in [5, 5.41) is 0. The zero-order valence-electron chi connectivity index (χ0n) is 14.3. The van der Waals surface area contributed by atoms with Crippen molar-refractivity contribution >= 4 is 37.4 Å². The first-order valence-electron chi connectivity index (χ1n) is 8.47. The van der Waals surface area contributed by atoms with Crippen molar-refractivity contribution in [1.29, 1.82) is 0 Å². The van der Waals surface area contributed by atoms with E-state index < -0.39 is 19.7 Å². The van der Waals surface area contributed by atoms with E-state index in [1.807, 2.05) is 0 Å². The van der Waals surface area contributed by atoms with Crippen molar-refractivity contribution in [3.8, 4) is 11.1 Å². The van der Waals surface area contributed by atoms with E-state index in [1.165, 1.54) is 44.4 Å². The molecule has 5 rings (SSSR count). The maximum absolute atomic E-state index is 6.25. The van der Waals surface area contributed by atoms with E-state index in [2.05, 4.69) is 82.7 Å². The first-order valence-corrected chi connectivity index (χ1v) is 15.1. The predicted molar refractivity (Wildman–Crippen MR) is 108 cm³/mol. The number of allylic oxidation sites excluding steroid dienone is 1. The molecule has 0 fully saturated rings. The van der Waals surface area contributed by atoms with Crippen molar-refractivity contribution in [2.45, 2.75) is 12.8 Å². The summed E-state index contributed by atoms with van der Waals surface area (Å²) >= 11 is 1.46. The predicted octanol–water partition coefficient (Wildman–Crippen LogP) is -0.721. The maximum atomic E-state index is 6.25. The zero-order valence-corrected chi connectivity index (χ0v) is 20.7. The topological polar surface area (TPSA) is 0 Å². The van der Waals surface area contributed by atoms with Crippen LogP contribution in [-0.2, 0) is 32.6 Å². The quantitative estimate of drug-likeness (QED) is 0.316. The second kappa shape index (κ2) is 8.51. The summed E-state index contributed by atoms with van der Waals surface area (Å²) in [6.07, 6.45) is 6.62. The number of hydrogen-bond acceptors (Lipinski definition) is 1. The minimum absolute atomic E-state index is 0. The van der Waals surface area contributed by atoms with E-state index in [0.717, 1.165) is 12.8 Å². The summed E-state index contributed by atoms with van der Waals surface area (Å²) in [5.74, 6) is 0. The van der Waals surface area contributed by atoms with Crippen molar-refractivity contribution in [1.82, 2.24) is 0 Å². The molecule has 0 aromatic heterocycles. The molecule has 0 nitrogen and oxygen atoms in total. The number of halogens is 3. The van der Waals surface area contributed by atoms with Gasteiger partial charge < -0.3 is 24.8 Å². The Kier molecular flexibility index (Phi) is 6.71. The van der Waals surface area contributed by atoms with E-state index in [-0.39, 0.29) is 24.8 Å². The van der Waals surface area contributed by atoms with Gasteiger partial charge in [0.25, 0.3) is 0 Å². The molecule has 2 aliphatic carbocycles. The van der Waals surface area contributed by atoms with Gasteiger partial charge in [-0.15, -0.1) is 0 Å². The van der Waals surface area contributed by atoms with Crippen LogP contribution in [0.1, 0.15) is 22.3 Å². The Morgan fingerprint density at radius 1 is 0.852 bits per heavy atom. The van der Waals surface area contributed by atoms with E-state index in [4.69, 9.17) is 8.86 Å². The van der Waals surface area contributed by atoms with Crippen LogP contribution in [-0.4, -0.2) is 0 Å². The van der Waals surface area contributed by atoms with Gasteiger partial charge in [-0.2, -0.15) is 0 Å². The van der Waals surface area contributed by atoms with Crippen LogP contribution in [0.4, 0.5) is 0 Å². The van der Waals surface area contributed by atoms with Crippen LogP contribution in [0.15, 0.2) is 65.1 Å². The molecule has 0 bridgehead atoms. The molecule has 2 aliphatic rings.